The molecule has 1 aromatic rings. The predicted octanol–water partition coefficient (Wildman–Crippen LogP) is 3.56. The molecule has 1 aromatic carbocycles. The molecule has 0 spiro atoms. The molecule has 0 bridgehead atoms. The summed E-state index contributed by atoms with van der Waals surface area (Å²) in [4.78, 5) is 1.11. The van der Waals surface area contributed by atoms with Crippen molar-refractivity contribution in [1.29, 1.82) is 5.26 Å². The fraction of sp³-hybridized carbons (Fsp3) is 0.500. The van der Waals surface area contributed by atoms with Gasteiger partial charge >= 0.3 is 0 Å². The number of rotatable bonds is 7. The first-order valence-corrected chi connectivity index (χ1v) is 7.16. The molecule has 0 radical (unpaired) electrons. The minimum Gasteiger partial charge on any atom is -0.313 e. The third-order valence-corrected chi connectivity index (χ3v) is 3.66. The summed E-state index contributed by atoms with van der Waals surface area (Å²) in [6.07, 6.45) is 2.40. The van der Waals surface area contributed by atoms with E-state index in [2.05, 4.69) is 37.4 Å². The summed E-state index contributed by atoms with van der Waals surface area (Å²) < 4.78 is 0. The van der Waals surface area contributed by atoms with Crippen LogP contribution in [0, 0.1) is 11.3 Å². The van der Waals surface area contributed by atoms with Crippen molar-refractivity contribution in [2.75, 3.05) is 12.3 Å². The summed E-state index contributed by atoms with van der Waals surface area (Å²) in [5.41, 5.74) is 1.99. The first kappa shape index (κ1) is 14.1. The smallest absolute Gasteiger partial charge is 0.100 e. The first-order chi connectivity index (χ1) is 8.31. The summed E-state index contributed by atoms with van der Waals surface area (Å²) in [5.74, 6) is 1.09. The Balaban J connectivity index is 2.68. The van der Waals surface area contributed by atoms with Crippen LogP contribution in [0.5, 0.6) is 0 Å². The molecule has 0 saturated carbocycles. The average molecular weight is 248 g/mol. The van der Waals surface area contributed by atoms with E-state index in [9.17, 15) is 0 Å². The summed E-state index contributed by atoms with van der Waals surface area (Å²) in [6, 6.07) is 8.47. The highest BCUT2D eigenvalue weighted by Gasteiger charge is 2.03. The van der Waals surface area contributed by atoms with E-state index in [0.717, 1.165) is 29.3 Å². The number of hydrogen-bond donors (Lipinski definition) is 1. The van der Waals surface area contributed by atoms with E-state index >= 15 is 0 Å². The zero-order valence-electron chi connectivity index (χ0n) is 10.6. The van der Waals surface area contributed by atoms with E-state index in [4.69, 9.17) is 5.26 Å². The lowest BCUT2D eigenvalue weighted by Crippen LogP contribution is -2.11. The summed E-state index contributed by atoms with van der Waals surface area (Å²) in [6.45, 7) is 6.06. The van der Waals surface area contributed by atoms with Gasteiger partial charge in [0.25, 0.3) is 0 Å². The highest BCUT2D eigenvalue weighted by atomic mass is 32.2. The molecule has 3 heteroatoms. The number of hydrogen-bond acceptors (Lipinski definition) is 3. The number of thioether (sulfide) groups is 1. The Bertz CT molecular complexity index is 382. The number of benzene rings is 1. The number of nitrogens with one attached hydrogen (secondary N) is 1. The minimum atomic E-state index is 0.807. The van der Waals surface area contributed by atoms with Crippen LogP contribution in [0.4, 0.5) is 0 Å². The van der Waals surface area contributed by atoms with Crippen LogP contribution in [0.3, 0.4) is 0 Å². The van der Waals surface area contributed by atoms with Crippen molar-refractivity contribution in [2.45, 2.75) is 38.1 Å². The van der Waals surface area contributed by atoms with E-state index < -0.39 is 0 Å². The fourth-order valence-electron chi connectivity index (χ4n) is 1.50. The molecule has 0 saturated heterocycles. The van der Waals surface area contributed by atoms with Crippen LogP contribution < -0.4 is 5.32 Å². The van der Waals surface area contributed by atoms with Gasteiger partial charge in [-0.25, -0.2) is 0 Å². The number of nitriles is 1. The van der Waals surface area contributed by atoms with Crippen LogP contribution in [-0.2, 0) is 6.54 Å². The Hall–Kier alpha value is -0.980. The second kappa shape index (κ2) is 8.16. The molecule has 2 nitrogen and oxygen atoms in total. The van der Waals surface area contributed by atoms with E-state index in [-0.39, 0.29) is 0 Å². The Morgan fingerprint density at radius 1 is 1.35 bits per heavy atom. The Morgan fingerprint density at radius 2 is 2.18 bits per heavy atom. The van der Waals surface area contributed by atoms with Gasteiger partial charge in [0.05, 0.1) is 5.56 Å². The van der Waals surface area contributed by atoms with Crippen molar-refractivity contribution in [1.82, 2.24) is 5.32 Å². The van der Waals surface area contributed by atoms with Gasteiger partial charge in [-0.2, -0.15) is 5.26 Å². The molecule has 0 atom stereocenters. The quantitative estimate of drug-likeness (QED) is 0.592. The largest absolute Gasteiger partial charge is 0.313 e. The normalized spacial score (nSPS) is 10.2. The van der Waals surface area contributed by atoms with Crippen LogP contribution in [-0.4, -0.2) is 12.3 Å². The van der Waals surface area contributed by atoms with Gasteiger partial charge in [0, 0.05) is 11.4 Å². The predicted molar refractivity (Wildman–Crippen MR) is 74.2 cm³/mol. The van der Waals surface area contributed by atoms with Crippen molar-refractivity contribution in [3.05, 3.63) is 29.3 Å². The van der Waals surface area contributed by atoms with Crippen molar-refractivity contribution in [2.24, 2.45) is 0 Å². The molecule has 0 aliphatic rings. The molecule has 1 N–H and O–H groups in total. The van der Waals surface area contributed by atoms with Gasteiger partial charge in [0.1, 0.15) is 6.07 Å². The lowest BCUT2D eigenvalue weighted by molar-refractivity contribution is 0.726. The fourth-order valence-corrected chi connectivity index (χ4v) is 2.57. The van der Waals surface area contributed by atoms with Crippen molar-refractivity contribution in [3.63, 3.8) is 0 Å². The van der Waals surface area contributed by atoms with Crippen molar-refractivity contribution in [3.8, 4) is 6.07 Å². The highest BCUT2D eigenvalue weighted by Crippen LogP contribution is 2.24. The molecule has 0 fully saturated rings. The van der Waals surface area contributed by atoms with Gasteiger partial charge in [-0.05, 0) is 36.4 Å². The van der Waals surface area contributed by atoms with Crippen LogP contribution in [0.2, 0.25) is 0 Å². The zero-order valence-corrected chi connectivity index (χ0v) is 11.4. The lowest BCUT2D eigenvalue weighted by atomic mass is 10.1. The summed E-state index contributed by atoms with van der Waals surface area (Å²) >= 11 is 1.79. The van der Waals surface area contributed by atoms with E-state index in [1.807, 2.05) is 6.07 Å². The van der Waals surface area contributed by atoms with Crippen molar-refractivity contribution < 1.29 is 0 Å². The minimum absolute atomic E-state index is 0.807. The number of unbranched alkanes of at least 4 members (excludes halogenated alkanes) is 1. The maximum atomic E-state index is 9.14. The third-order valence-electron chi connectivity index (χ3n) is 2.50. The molecule has 0 unspecified atom stereocenters. The molecule has 0 aliphatic heterocycles. The molecule has 17 heavy (non-hydrogen) atoms. The highest BCUT2D eigenvalue weighted by molar-refractivity contribution is 7.99. The SMILES string of the molecule is CCCCSc1ccc(CNCC)cc1C#N. The Labute approximate surface area is 108 Å². The van der Waals surface area contributed by atoms with Gasteiger partial charge in [0.15, 0.2) is 0 Å². The maximum Gasteiger partial charge on any atom is 0.100 e. The second-order valence-electron chi connectivity index (χ2n) is 3.92. The maximum absolute atomic E-state index is 9.14. The average Bonchev–Trinajstić information content (AvgIpc) is 2.37. The van der Waals surface area contributed by atoms with Crippen LogP contribution in [0.25, 0.3) is 0 Å². The summed E-state index contributed by atoms with van der Waals surface area (Å²) in [5, 5.41) is 12.4. The Morgan fingerprint density at radius 3 is 2.82 bits per heavy atom. The molecule has 0 aliphatic carbocycles. The molecule has 0 amide bonds. The molecule has 0 heterocycles. The van der Waals surface area contributed by atoms with Crippen LogP contribution in [0.15, 0.2) is 23.1 Å². The van der Waals surface area contributed by atoms with Gasteiger partial charge < -0.3 is 5.32 Å². The third kappa shape index (κ3) is 4.80. The molecule has 92 valence electrons. The molecular weight excluding hydrogens is 228 g/mol. The van der Waals surface area contributed by atoms with Crippen molar-refractivity contribution >= 4 is 11.8 Å². The summed E-state index contributed by atoms with van der Waals surface area (Å²) in [7, 11) is 0. The van der Waals surface area contributed by atoms with E-state index in [0.29, 0.717) is 0 Å². The van der Waals surface area contributed by atoms with Crippen LogP contribution in [0.1, 0.15) is 37.8 Å². The van der Waals surface area contributed by atoms with Gasteiger partial charge in [0.2, 0.25) is 0 Å². The van der Waals surface area contributed by atoms with Gasteiger partial charge in [-0.15, -0.1) is 11.8 Å². The number of nitrogens with zero attached hydrogens (tertiary/aromatic N) is 1. The van der Waals surface area contributed by atoms with Gasteiger partial charge in [-0.3, -0.25) is 0 Å². The molecule has 1 rings (SSSR count). The monoisotopic (exact) mass is 248 g/mol. The Kier molecular flexibility index (Phi) is 6.76. The van der Waals surface area contributed by atoms with Gasteiger partial charge in [-0.1, -0.05) is 26.3 Å². The zero-order chi connectivity index (χ0) is 12.5. The topological polar surface area (TPSA) is 35.8 Å². The van der Waals surface area contributed by atoms with E-state index in [1.165, 1.54) is 18.4 Å². The standard InChI is InChI=1S/C14H20N2S/c1-3-5-8-17-14-7-6-12(11-16-4-2)9-13(14)10-15/h6-7,9,16H,3-5,8,11H2,1-2H3. The first-order valence-electron chi connectivity index (χ1n) is 6.18. The lowest BCUT2D eigenvalue weighted by Gasteiger charge is -2.07. The van der Waals surface area contributed by atoms with E-state index in [1.54, 1.807) is 11.8 Å². The van der Waals surface area contributed by atoms with Crippen LogP contribution >= 0.6 is 11.8 Å². The second-order valence-corrected chi connectivity index (χ2v) is 5.06. The molecular formula is C14H20N2S. The molecule has 0 aromatic heterocycles.